The highest BCUT2D eigenvalue weighted by Gasteiger charge is 2.19. The van der Waals surface area contributed by atoms with Gasteiger partial charge in [-0.2, -0.15) is 0 Å². The summed E-state index contributed by atoms with van der Waals surface area (Å²) < 4.78 is 37.8. The van der Waals surface area contributed by atoms with Crippen LogP contribution in [0.25, 0.3) is 11.0 Å². The summed E-state index contributed by atoms with van der Waals surface area (Å²) in [5, 5.41) is 3.24. The summed E-state index contributed by atoms with van der Waals surface area (Å²) in [6.07, 6.45) is 0. The standard InChI is InChI=1S/C13H15F2NO2/c1-3-16-6-11-8(7-17-2)12-9(14)4-5-10(15)13(12)18-11/h4-5,16H,3,6-7H2,1-2H3. The van der Waals surface area contributed by atoms with Gasteiger partial charge in [0.1, 0.15) is 11.6 Å². The van der Waals surface area contributed by atoms with Crippen molar-refractivity contribution < 1.29 is 17.9 Å². The van der Waals surface area contributed by atoms with Crippen LogP contribution in [0, 0.1) is 11.6 Å². The monoisotopic (exact) mass is 255 g/mol. The lowest BCUT2D eigenvalue weighted by Crippen LogP contribution is -2.12. The Balaban J connectivity index is 2.59. The molecule has 0 aliphatic heterocycles. The van der Waals surface area contributed by atoms with Crippen LogP contribution in [-0.4, -0.2) is 13.7 Å². The molecule has 0 fully saturated rings. The molecule has 0 radical (unpaired) electrons. The summed E-state index contributed by atoms with van der Waals surface area (Å²) >= 11 is 0. The lowest BCUT2D eigenvalue weighted by Gasteiger charge is -2.02. The molecule has 3 nitrogen and oxygen atoms in total. The number of nitrogens with one attached hydrogen (secondary N) is 1. The predicted octanol–water partition coefficient (Wildman–Crippen LogP) is 2.97. The summed E-state index contributed by atoms with van der Waals surface area (Å²) in [6.45, 7) is 3.30. The third-order valence-corrected chi connectivity index (χ3v) is 2.75. The van der Waals surface area contributed by atoms with E-state index in [0.29, 0.717) is 17.9 Å². The van der Waals surface area contributed by atoms with E-state index < -0.39 is 11.6 Å². The Kier molecular flexibility index (Phi) is 3.93. The van der Waals surface area contributed by atoms with E-state index in [1.165, 1.54) is 7.11 Å². The summed E-state index contributed by atoms with van der Waals surface area (Å²) in [7, 11) is 1.51. The molecule has 0 aliphatic carbocycles. The van der Waals surface area contributed by atoms with Gasteiger partial charge in [-0.1, -0.05) is 6.92 Å². The number of hydrogen-bond acceptors (Lipinski definition) is 3. The Morgan fingerprint density at radius 3 is 2.67 bits per heavy atom. The van der Waals surface area contributed by atoms with Crippen LogP contribution in [0.4, 0.5) is 8.78 Å². The summed E-state index contributed by atoms with van der Waals surface area (Å²) in [5.41, 5.74) is 0.514. The molecule has 1 N–H and O–H groups in total. The molecule has 1 aromatic heterocycles. The minimum Gasteiger partial charge on any atom is -0.456 e. The molecule has 0 atom stereocenters. The molecule has 0 aliphatic rings. The van der Waals surface area contributed by atoms with Crippen molar-refractivity contribution in [3.8, 4) is 0 Å². The van der Waals surface area contributed by atoms with Crippen molar-refractivity contribution in [2.45, 2.75) is 20.1 Å². The third-order valence-electron chi connectivity index (χ3n) is 2.75. The van der Waals surface area contributed by atoms with Gasteiger partial charge in [0, 0.05) is 12.7 Å². The van der Waals surface area contributed by atoms with Gasteiger partial charge in [0.25, 0.3) is 0 Å². The fourth-order valence-corrected chi connectivity index (χ4v) is 1.92. The Hall–Kier alpha value is -1.46. The zero-order chi connectivity index (χ0) is 13.1. The van der Waals surface area contributed by atoms with E-state index in [2.05, 4.69) is 5.32 Å². The second-order valence-corrected chi connectivity index (χ2v) is 3.95. The molecule has 0 amide bonds. The Morgan fingerprint density at radius 1 is 1.28 bits per heavy atom. The van der Waals surface area contributed by atoms with Crippen molar-refractivity contribution in [1.29, 1.82) is 0 Å². The molecule has 18 heavy (non-hydrogen) atoms. The average Bonchev–Trinajstić information content (AvgIpc) is 2.72. The van der Waals surface area contributed by atoms with Crippen molar-refractivity contribution in [3.05, 3.63) is 35.1 Å². The van der Waals surface area contributed by atoms with Gasteiger partial charge in [0.2, 0.25) is 0 Å². The quantitative estimate of drug-likeness (QED) is 0.892. The van der Waals surface area contributed by atoms with Gasteiger partial charge in [0.15, 0.2) is 11.4 Å². The van der Waals surface area contributed by atoms with E-state index >= 15 is 0 Å². The van der Waals surface area contributed by atoms with Gasteiger partial charge in [-0.25, -0.2) is 8.78 Å². The Bertz CT molecular complexity index is 551. The molecular weight excluding hydrogens is 240 g/mol. The second-order valence-electron chi connectivity index (χ2n) is 3.95. The van der Waals surface area contributed by atoms with Gasteiger partial charge in [-0.3, -0.25) is 0 Å². The number of furan rings is 1. The second kappa shape index (κ2) is 5.46. The van der Waals surface area contributed by atoms with Crippen molar-refractivity contribution in [2.75, 3.05) is 13.7 Å². The van der Waals surface area contributed by atoms with Gasteiger partial charge in [-0.15, -0.1) is 0 Å². The van der Waals surface area contributed by atoms with E-state index in [4.69, 9.17) is 9.15 Å². The molecule has 0 bridgehead atoms. The van der Waals surface area contributed by atoms with Crippen molar-refractivity contribution >= 4 is 11.0 Å². The molecule has 0 saturated carbocycles. The fourth-order valence-electron chi connectivity index (χ4n) is 1.92. The highest BCUT2D eigenvalue weighted by molar-refractivity contribution is 5.83. The number of rotatable bonds is 5. The minimum atomic E-state index is -0.563. The number of hydrogen-bond donors (Lipinski definition) is 1. The summed E-state index contributed by atoms with van der Waals surface area (Å²) in [5.74, 6) is -0.547. The maximum Gasteiger partial charge on any atom is 0.173 e. The smallest absolute Gasteiger partial charge is 0.173 e. The van der Waals surface area contributed by atoms with E-state index in [1.807, 2.05) is 6.92 Å². The zero-order valence-electron chi connectivity index (χ0n) is 10.3. The van der Waals surface area contributed by atoms with Crippen LogP contribution in [-0.2, 0) is 17.9 Å². The highest BCUT2D eigenvalue weighted by atomic mass is 19.1. The lowest BCUT2D eigenvalue weighted by atomic mass is 10.1. The molecule has 98 valence electrons. The van der Waals surface area contributed by atoms with Crippen LogP contribution < -0.4 is 5.32 Å². The van der Waals surface area contributed by atoms with Gasteiger partial charge in [-0.05, 0) is 18.7 Å². The van der Waals surface area contributed by atoms with E-state index in [9.17, 15) is 8.78 Å². The van der Waals surface area contributed by atoms with Crippen LogP contribution in [0.3, 0.4) is 0 Å². The summed E-state index contributed by atoms with van der Waals surface area (Å²) in [6, 6.07) is 2.16. The SMILES string of the molecule is CCNCc1oc2c(F)ccc(F)c2c1COC. The Morgan fingerprint density at radius 2 is 2.00 bits per heavy atom. The van der Waals surface area contributed by atoms with E-state index in [1.54, 1.807) is 0 Å². The van der Waals surface area contributed by atoms with Gasteiger partial charge in [0.05, 0.1) is 18.5 Å². The van der Waals surface area contributed by atoms with Crippen LogP contribution in [0.15, 0.2) is 16.5 Å². The van der Waals surface area contributed by atoms with Gasteiger partial charge < -0.3 is 14.5 Å². The first-order valence-corrected chi connectivity index (χ1v) is 5.77. The predicted molar refractivity (Wildman–Crippen MR) is 64.2 cm³/mol. The number of benzene rings is 1. The van der Waals surface area contributed by atoms with Crippen molar-refractivity contribution in [1.82, 2.24) is 5.32 Å². The lowest BCUT2D eigenvalue weighted by molar-refractivity contribution is 0.183. The largest absolute Gasteiger partial charge is 0.456 e. The molecule has 2 aromatic rings. The van der Waals surface area contributed by atoms with Crippen LogP contribution in [0.2, 0.25) is 0 Å². The number of ether oxygens (including phenoxy) is 1. The van der Waals surface area contributed by atoms with Gasteiger partial charge >= 0.3 is 0 Å². The third kappa shape index (κ3) is 2.23. The maximum absolute atomic E-state index is 13.8. The molecule has 2 rings (SSSR count). The van der Waals surface area contributed by atoms with Crippen LogP contribution >= 0.6 is 0 Å². The highest BCUT2D eigenvalue weighted by Crippen LogP contribution is 2.30. The first kappa shape index (κ1) is 13.0. The minimum absolute atomic E-state index is 0.0463. The van der Waals surface area contributed by atoms with Crippen molar-refractivity contribution in [3.63, 3.8) is 0 Å². The number of fused-ring (bicyclic) bond motifs is 1. The van der Waals surface area contributed by atoms with Crippen LogP contribution in [0.1, 0.15) is 18.2 Å². The first-order chi connectivity index (χ1) is 8.69. The van der Waals surface area contributed by atoms with Crippen molar-refractivity contribution in [2.24, 2.45) is 0 Å². The number of halogens is 2. The maximum atomic E-state index is 13.8. The number of methoxy groups -OCH3 is 1. The molecule has 0 spiro atoms. The average molecular weight is 255 g/mol. The zero-order valence-corrected chi connectivity index (χ0v) is 10.3. The normalized spacial score (nSPS) is 11.3. The van der Waals surface area contributed by atoms with E-state index in [0.717, 1.165) is 18.7 Å². The first-order valence-electron chi connectivity index (χ1n) is 5.77. The summed E-state index contributed by atoms with van der Waals surface area (Å²) in [4.78, 5) is 0. The molecule has 1 heterocycles. The molecule has 0 saturated heterocycles. The molecule has 1 aromatic carbocycles. The Labute approximate surface area is 104 Å². The fraction of sp³-hybridized carbons (Fsp3) is 0.385. The molecule has 5 heteroatoms. The topological polar surface area (TPSA) is 34.4 Å². The molecule has 0 unspecified atom stereocenters. The molecular formula is C13H15F2NO2. The van der Waals surface area contributed by atoms with Crippen LogP contribution in [0.5, 0.6) is 0 Å². The van der Waals surface area contributed by atoms with E-state index in [-0.39, 0.29) is 17.6 Å².